The molecule has 1 fully saturated rings. The Morgan fingerprint density at radius 1 is 1.34 bits per heavy atom. The van der Waals surface area contributed by atoms with Crippen molar-refractivity contribution >= 4 is 58.5 Å². The lowest BCUT2D eigenvalue weighted by Crippen LogP contribution is -2.47. The van der Waals surface area contributed by atoms with E-state index in [-0.39, 0.29) is 12.5 Å². The van der Waals surface area contributed by atoms with Crippen LogP contribution in [0, 0.1) is 0 Å². The predicted octanol–water partition coefficient (Wildman–Crippen LogP) is 3.41. The molecule has 1 aliphatic heterocycles. The molecular weight excluding hydrogens is 476 g/mol. The molecular formula is C19H19BrN4O3S2. The van der Waals surface area contributed by atoms with Gasteiger partial charge in [0.25, 0.3) is 0 Å². The van der Waals surface area contributed by atoms with E-state index in [0.717, 1.165) is 20.9 Å². The first-order chi connectivity index (χ1) is 13.8. The normalized spacial score (nSPS) is 17.7. The van der Waals surface area contributed by atoms with Gasteiger partial charge < -0.3 is 0 Å². The second kappa shape index (κ2) is 8.10. The van der Waals surface area contributed by atoms with Gasteiger partial charge in [-0.05, 0) is 43.2 Å². The number of carbonyl (C=O) groups excluding carboxylic acids is 1. The number of amides is 1. The van der Waals surface area contributed by atoms with E-state index in [9.17, 15) is 13.2 Å². The van der Waals surface area contributed by atoms with Crippen LogP contribution in [0.4, 0.5) is 5.13 Å². The molecule has 0 spiro atoms. The minimum absolute atomic E-state index is 0.231. The maximum Gasteiger partial charge on any atom is 0.247 e. The van der Waals surface area contributed by atoms with Crippen molar-refractivity contribution in [1.29, 1.82) is 0 Å². The Morgan fingerprint density at radius 3 is 2.90 bits per heavy atom. The second-order valence-corrected chi connectivity index (χ2v) is 10.7. The van der Waals surface area contributed by atoms with E-state index in [4.69, 9.17) is 0 Å². The minimum Gasteiger partial charge on any atom is -0.281 e. The summed E-state index contributed by atoms with van der Waals surface area (Å²) in [7, 11) is -3.47. The third kappa shape index (κ3) is 4.35. The van der Waals surface area contributed by atoms with Gasteiger partial charge in [-0.15, -0.1) is 0 Å². The number of benzene rings is 1. The Kier molecular flexibility index (Phi) is 5.69. The van der Waals surface area contributed by atoms with Crippen LogP contribution < -0.4 is 4.90 Å². The van der Waals surface area contributed by atoms with Gasteiger partial charge in [0.2, 0.25) is 15.9 Å². The number of nitrogens with zero attached hydrogens (tertiary/aromatic N) is 4. The summed E-state index contributed by atoms with van der Waals surface area (Å²) in [5, 5.41) is 0.536. The Morgan fingerprint density at radius 2 is 2.17 bits per heavy atom. The average Bonchev–Trinajstić information content (AvgIpc) is 3.33. The summed E-state index contributed by atoms with van der Waals surface area (Å²) in [5.74, 6) is -0.267. The molecule has 0 saturated carbocycles. The summed E-state index contributed by atoms with van der Waals surface area (Å²) in [6.07, 6.45) is 3.98. The SMILES string of the molecule is CS(=O)(=O)N1CCCC1C(=O)N(Cc1ccccn1)c1nc2ccc(Br)cc2s1. The van der Waals surface area contributed by atoms with Crippen molar-refractivity contribution in [2.45, 2.75) is 25.4 Å². The van der Waals surface area contributed by atoms with Crippen LogP contribution in [0.3, 0.4) is 0 Å². The zero-order valence-electron chi connectivity index (χ0n) is 15.7. The highest BCUT2D eigenvalue weighted by Crippen LogP contribution is 2.33. The van der Waals surface area contributed by atoms with E-state index in [0.29, 0.717) is 30.2 Å². The van der Waals surface area contributed by atoms with Gasteiger partial charge >= 0.3 is 0 Å². The van der Waals surface area contributed by atoms with Crippen LogP contribution in [0.5, 0.6) is 0 Å². The number of halogens is 1. The molecule has 0 aliphatic carbocycles. The Labute approximate surface area is 181 Å². The lowest BCUT2D eigenvalue weighted by atomic mass is 10.2. The van der Waals surface area contributed by atoms with Crippen LogP contribution in [0.1, 0.15) is 18.5 Å². The Balaban J connectivity index is 1.74. The zero-order valence-corrected chi connectivity index (χ0v) is 18.9. The summed E-state index contributed by atoms with van der Waals surface area (Å²) < 4.78 is 27.5. The summed E-state index contributed by atoms with van der Waals surface area (Å²) in [4.78, 5) is 24.0. The molecule has 0 bridgehead atoms. The average molecular weight is 495 g/mol. The van der Waals surface area contributed by atoms with Gasteiger partial charge in [-0.2, -0.15) is 4.31 Å². The fourth-order valence-electron chi connectivity index (χ4n) is 3.46. The number of thiazole rings is 1. The van der Waals surface area contributed by atoms with Crippen LogP contribution in [0.2, 0.25) is 0 Å². The molecule has 0 radical (unpaired) electrons. The highest BCUT2D eigenvalue weighted by Gasteiger charge is 2.39. The predicted molar refractivity (Wildman–Crippen MR) is 117 cm³/mol. The van der Waals surface area contributed by atoms with E-state index in [1.54, 1.807) is 11.1 Å². The molecule has 1 saturated heterocycles. The lowest BCUT2D eigenvalue weighted by molar-refractivity contribution is -0.121. The number of sulfonamides is 1. The standard InChI is InChI=1S/C19H19BrN4O3S2/c1-29(26,27)24-10-4-6-16(24)18(25)23(12-14-5-2-3-9-21-14)19-22-15-8-7-13(20)11-17(15)28-19/h2-3,5,7-9,11,16H,4,6,10,12H2,1H3. The van der Waals surface area contributed by atoms with E-state index >= 15 is 0 Å². The molecule has 4 rings (SSSR count). The van der Waals surface area contributed by atoms with Crippen LogP contribution in [0.15, 0.2) is 47.1 Å². The Bertz CT molecular complexity index is 1150. The van der Waals surface area contributed by atoms with Crippen molar-refractivity contribution in [2.75, 3.05) is 17.7 Å². The first-order valence-corrected chi connectivity index (χ1v) is 12.5. The maximum absolute atomic E-state index is 13.5. The van der Waals surface area contributed by atoms with Crippen molar-refractivity contribution in [2.24, 2.45) is 0 Å². The molecule has 7 nitrogen and oxygen atoms in total. The first kappa shape index (κ1) is 20.4. The fourth-order valence-corrected chi connectivity index (χ4v) is 6.10. The summed E-state index contributed by atoms with van der Waals surface area (Å²) >= 11 is 4.86. The number of anilines is 1. The van der Waals surface area contributed by atoms with Gasteiger partial charge in [-0.3, -0.25) is 14.7 Å². The maximum atomic E-state index is 13.5. The quantitative estimate of drug-likeness (QED) is 0.542. The monoisotopic (exact) mass is 494 g/mol. The van der Waals surface area contributed by atoms with E-state index in [1.165, 1.54) is 15.6 Å². The summed E-state index contributed by atoms with van der Waals surface area (Å²) in [6.45, 7) is 0.591. The fraction of sp³-hybridized carbons (Fsp3) is 0.316. The molecule has 29 heavy (non-hydrogen) atoms. The topological polar surface area (TPSA) is 83.5 Å². The van der Waals surface area contributed by atoms with Gasteiger partial charge in [0, 0.05) is 17.2 Å². The molecule has 2 aromatic heterocycles. The molecule has 152 valence electrons. The van der Waals surface area contributed by atoms with E-state index < -0.39 is 16.1 Å². The van der Waals surface area contributed by atoms with Crippen molar-refractivity contribution in [3.05, 3.63) is 52.8 Å². The van der Waals surface area contributed by atoms with Crippen molar-refractivity contribution < 1.29 is 13.2 Å². The third-order valence-electron chi connectivity index (χ3n) is 4.80. The molecule has 1 aliphatic rings. The molecule has 3 aromatic rings. The first-order valence-electron chi connectivity index (χ1n) is 9.07. The lowest BCUT2D eigenvalue weighted by Gasteiger charge is -2.27. The molecule has 3 heterocycles. The van der Waals surface area contributed by atoms with Gasteiger partial charge in [0.15, 0.2) is 5.13 Å². The number of rotatable bonds is 5. The number of carbonyl (C=O) groups is 1. The van der Waals surface area contributed by atoms with Gasteiger partial charge in [-0.1, -0.05) is 33.3 Å². The minimum atomic E-state index is -3.47. The van der Waals surface area contributed by atoms with Gasteiger partial charge in [0.1, 0.15) is 6.04 Å². The van der Waals surface area contributed by atoms with E-state index in [1.807, 2.05) is 36.4 Å². The molecule has 0 N–H and O–H groups in total. The summed E-state index contributed by atoms with van der Waals surface area (Å²) in [5.41, 5.74) is 1.50. The number of aromatic nitrogens is 2. The van der Waals surface area contributed by atoms with Crippen LogP contribution in [-0.4, -0.2) is 47.4 Å². The van der Waals surface area contributed by atoms with Gasteiger partial charge in [0.05, 0.1) is 28.7 Å². The highest BCUT2D eigenvalue weighted by atomic mass is 79.9. The molecule has 1 atom stereocenters. The molecule has 10 heteroatoms. The third-order valence-corrected chi connectivity index (χ3v) is 7.62. The largest absolute Gasteiger partial charge is 0.281 e. The van der Waals surface area contributed by atoms with E-state index in [2.05, 4.69) is 25.9 Å². The van der Waals surface area contributed by atoms with Crippen molar-refractivity contribution in [1.82, 2.24) is 14.3 Å². The highest BCUT2D eigenvalue weighted by molar-refractivity contribution is 9.10. The number of pyridine rings is 1. The zero-order chi connectivity index (χ0) is 20.6. The number of fused-ring (bicyclic) bond motifs is 1. The van der Waals surface area contributed by atoms with Crippen LogP contribution in [-0.2, 0) is 21.4 Å². The van der Waals surface area contributed by atoms with Crippen LogP contribution >= 0.6 is 27.3 Å². The second-order valence-electron chi connectivity index (χ2n) is 6.89. The molecule has 1 aromatic carbocycles. The Hall–Kier alpha value is -1.88. The molecule has 1 unspecified atom stereocenters. The van der Waals surface area contributed by atoms with Crippen LogP contribution in [0.25, 0.3) is 10.2 Å². The number of hydrogen-bond donors (Lipinski definition) is 0. The van der Waals surface area contributed by atoms with Crippen molar-refractivity contribution in [3.8, 4) is 0 Å². The summed E-state index contributed by atoms with van der Waals surface area (Å²) in [6, 6.07) is 10.5. The smallest absolute Gasteiger partial charge is 0.247 e. The van der Waals surface area contributed by atoms with Gasteiger partial charge in [-0.25, -0.2) is 13.4 Å². The molecule has 1 amide bonds. The number of hydrogen-bond acceptors (Lipinski definition) is 6. The van der Waals surface area contributed by atoms with Crippen molar-refractivity contribution in [3.63, 3.8) is 0 Å².